The van der Waals surface area contributed by atoms with Crippen LogP contribution in [0.5, 0.6) is 0 Å². The van der Waals surface area contributed by atoms with Crippen LogP contribution in [0.1, 0.15) is 54.4 Å². The molecule has 0 aliphatic heterocycles. The van der Waals surface area contributed by atoms with E-state index in [1.165, 1.54) is 12.3 Å². The van der Waals surface area contributed by atoms with Crippen LogP contribution in [0.2, 0.25) is 0 Å². The van der Waals surface area contributed by atoms with Crippen LogP contribution in [0, 0.1) is 23.7 Å². The fourth-order valence-electron chi connectivity index (χ4n) is 1.43. The lowest BCUT2D eigenvalue weighted by atomic mass is 9.60. The Hall–Kier alpha value is 0. The number of hydrogen-bond donors (Lipinski definition) is 0. The van der Waals surface area contributed by atoms with Gasteiger partial charge >= 0.3 is 0 Å². The molecule has 0 rings (SSSR count). The highest BCUT2D eigenvalue weighted by Crippen LogP contribution is 2.47. The first-order valence-electron chi connectivity index (χ1n) is 4.85. The van der Waals surface area contributed by atoms with E-state index in [1.807, 2.05) is 0 Å². The average Bonchev–Trinajstić information content (AvgIpc) is 1.86. The van der Waals surface area contributed by atoms with Gasteiger partial charge in [0.2, 0.25) is 0 Å². The minimum Gasteiger partial charge on any atom is -0.0594 e. The van der Waals surface area contributed by atoms with Gasteiger partial charge in [-0.15, -0.1) is 0 Å². The van der Waals surface area contributed by atoms with E-state index in [9.17, 15) is 0 Å². The molecule has 2 radical (unpaired) electrons. The van der Waals surface area contributed by atoms with E-state index < -0.39 is 0 Å². The smallest absolute Gasteiger partial charge is 0.0241 e. The Labute approximate surface area is 78.8 Å². The van der Waals surface area contributed by atoms with Crippen LogP contribution in [0.4, 0.5) is 0 Å². The summed E-state index contributed by atoms with van der Waals surface area (Å²) in [6, 6.07) is 0. The zero-order valence-corrected chi connectivity index (χ0v) is 9.62. The van der Waals surface area contributed by atoms with Crippen LogP contribution >= 0.6 is 0 Å². The van der Waals surface area contributed by atoms with Gasteiger partial charge in [0.15, 0.2) is 0 Å². The van der Waals surface area contributed by atoms with Crippen molar-refractivity contribution in [3.63, 3.8) is 0 Å². The van der Waals surface area contributed by atoms with Gasteiger partial charge in [-0.2, -0.15) is 0 Å². The van der Waals surface area contributed by atoms with Gasteiger partial charge < -0.3 is 0 Å². The van der Waals surface area contributed by atoms with Crippen molar-refractivity contribution in [2.24, 2.45) is 10.8 Å². The van der Waals surface area contributed by atoms with Crippen LogP contribution in [0.15, 0.2) is 0 Å². The summed E-state index contributed by atoms with van der Waals surface area (Å²) in [7, 11) is 0. The minimum absolute atomic E-state index is 0.324. The van der Waals surface area contributed by atoms with Crippen molar-refractivity contribution in [2.45, 2.75) is 54.4 Å². The van der Waals surface area contributed by atoms with E-state index in [0.29, 0.717) is 10.8 Å². The second-order valence-electron chi connectivity index (χ2n) is 5.11. The van der Waals surface area contributed by atoms with Crippen LogP contribution in [0.25, 0.3) is 0 Å². The topological polar surface area (TPSA) is 0 Å². The molecule has 0 N–H and O–H groups in total. The zero-order valence-electron chi connectivity index (χ0n) is 9.62. The van der Waals surface area contributed by atoms with Crippen molar-refractivity contribution in [1.29, 1.82) is 0 Å². The first-order chi connectivity index (χ1) is 5.25. The number of hydrogen-bond acceptors (Lipinski definition) is 0. The highest BCUT2D eigenvalue weighted by molar-refractivity contribution is 5.03. The van der Waals surface area contributed by atoms with Crippen LogP contribution in [-0.4, -0.2) is 0 Å². The van der Waals surface area contributed by atoms with Gasteiger partial charge in [0, 0.05) is 0 Å². The van der Waals surface area contributed by atoms with Gasteiger partial charge in [0.05, 0.1) is 0 Å². The third kappa shape index (κ3) is 2.24. The second-order valence-corrected chi connectivity index (χ2v) is 5.11. The van der Waals surface area contributed by atoms with Crippen molar-refractivity contribution in [2.75, 3.05) is 0 Å². The Balaban J connectivity index is 4.50. The van der Waals surface area contributed by atoms with Crippen molar-refractivity contribution >= 4 is 0 Å². The maximum Gasteiger partial charge on any atom is -0.0241 e. The lowest BCUT2D eigenvalue weighted by Crippen LogP contribution is -2.35. The summed E-state index contributed by atoms with van der Waals surface area (Å²) in [6.07, 6.45) is 2.23. The van der Waals surface area contributed by atoms with Gasteiger partial charge in [0.25, 0.3) is 0 Å². The summed E-state index contributed by atoms with van der Waals surface area (Å²) in [5, 5.41) is 0. The molecule has 0 aliphatic carbocycles. The SMILES string of the molecule is [CH2]CCC(C)(C)C(C)(C)[C](C)C. The monoisotopic (exact) mass is 168 g/mol. The predicted octanol–water partition coefficient (Wildman–Crippen LogP) is 4.27. The molecule has 0 spiro atoms. The fourth-order valence-corrected chi connectivity index (χ4v) is 1.43. The summed E-state index contributed by atoms with van der Waals surface area (Å²) < 4.78 is 0. The van der Waals surface area contributed by atoms with E-state index in [0.717, 1.165) is 6.42 Å². The molecule has 0 aromatic heterocycles. The second kappa shape index (κ2) is 3.81. The quantitative estimate of drug-likeness (QED) is 0.588. The molecule has 72 valence electrons. The molecule has 0 aromatic rings. The standard InChI is InChI=1S/C12H24/c1-8-9-11(4,5)12(6,7)10(2)3/h1,8-9H2,2-7H3. The van der Waals surface area contributed by atoms with Crippen molar-refractivity contribution in [1.82, 2.24) is 0 Å². The normalized spacial score (nSPS) is 14.0. The molecule has 0 saturated carbocycles. The molecule has 12 heavy (non-hydrogen) atoms. The Kier molecular flexibility index (Phi) is 3.81. The first-order valence-corrected chi connectivity index (χ1v) is 4.85. The van der Waals surface area contributed by atoms with E-state index >= 15 is 0 Å². The van der Waals surface area contributed by atoms with Gasteiger partial charge in [-0.3, -0.25) is 0 Å². The zero-order chi connectivity index (χ0) is 9.99. The predicted molar refractivity (Wildman–Crippen MR) is 56.7 cm³/mol. The number of rotatable bonds is 4. The molecule has 0 unspecified atom stereocenters. The summed E-state index contributed by atoms with van der Waals surface area (Å²) in [6.45, 7) is 17.7. The molecular formula is C12H24. The van der Waals surface area contributed by atoms with Gasteiger partial charge in [-0.1, -0.05) is 54.9 Å². The highest BCUT2D eigenvalue weighted by atomic mass is 14.4. The molecular weight excluding hydrogens is 144 g/mol. The highest BCUT2D eigenvalue weighted by Gasteiger charge is 2.38. The molecule has 0 amide bonds. The molecule has 0 saturated heterocycles. The van der Waals surface area contributed by atoms with Crippen molar-refractivity contribution in [3.05, 3.63) is 12.8 Å². The molecule has 0 heteroatoms. The van der Waals surface area contributed by atoms with Gasteiger partial charge in [-0.25, -0.2) is 0 Å². The van der Waals surface area contributed by atoms with E-state index in [2.05, 4.69) is 48.5 Å². The third-order valence-electron chi connectivity index (χ3n) is 3.74. The maximum atomic E-state index is 3.93. The van der Waals surface area contributed by atoms with E-state index in [4.69, 9.17) is 0 Å². The maximum absolute atomic E-state index is 3.93. The molecule has 0 heterocycles. The summed E-state index contributed by atoms with van der Waals surface area (Å²) >= 11 is 0. The van der Waals surface area contributed by atoms with Crippen molar-refractivity contribution in [3.8, 4) is 0 Å². The first kappa shape index (κ1) is 12.0. The lowest BCUT2D eigenvalue weighted by molar-refractivity contribution is 0.116. The molecule has 0 aliphatic rings. The largest absolute Gasteiger partial charge is 0.0594 e. The minimum atomic E-state index is 0.324. The van der Waals surface area contributed by atoms with Crippen LogP contribution < -0.4 is 0 Å². The summed E-state index contributed by atoms with van der Waals surface area (Å²) in [5.41, 5.74) is 0.693. The Morgan fingerprint density at radius 3 is 1.75 bits per heavy atom. The molecule has 0 aromatic carbocycles. The van der Waals surface area contributed by atoms with Gasteiger partial charge in [0.1, 0.15) is 0 Å². The van der Waals surface area contributed by atoms with Gasteiger partial charge in [-0.05, 0) is 23.2 Å². The summed E-state index contributed by atoms with van der Waals surface area (Å²) in [4.78, 5) is 0. The van der Waals surface area contributed by atoms with Crippen molar-refractivity contribution < 1.29 is 0 Å². The lowest BCUT2D eigenvalue weighted by Gasteiger charge is -2.44. The molecule has 0 nitrogen and oxygen atoms in total. The average molecular weight is 168 g/mol. The third-order valence-corrected chi connectivity index (χ3v) is 3.74. The van der Waals surface area contributed by atoms with E-state index in [1.54, 1.807) is 0 Å². The Morgan fingerprint density at radius 1 is 1.08 bits per heavy atom. The van der Waals surface area contributed by atoms with Crippen LogP contribution in [-0.2, 0) is 0 Å². The summed E-state index contributed by atoms with van der Waals surface area (Å²) in [5.74, 6) is 1.51. The molecule has 0 atom stereocenters. The molecule has 0 fully saturated rings. The van der Waals surface area contributed by atoms with E-state index in [-0.39, 0.29) is 0 Å². The fraction of sp³-hybridized carbons (Fsp3) is 0.833. The van der Waals surface area contributed by atoms with Crippen LogP contribution in [0.3, 0.4) is 0 Å². The Morgan fingerprint density at radius 2 is 1.50 bits per heavy atom. The molecule has 0 bridgehead atoms. The Bertz CT molecular complexity index is 129.